The van der Waals surface area contributed by atoms with Crippen LogP contribution in [0.2, 0.25) is 5.02 Å². The predicted molar refractivity (Wildman–Crippen MR) is 104 cm³/mol. The van der Waals surface area contributed by atoms with Crippen molar-refractivity contribution in [3.8, 4) is 5.75 Å². The zero-order valence-electron chi connectivity index (χ0n) is 14.0. The van der Waals surface area contributed by atoms with Crippen LogP contribution in [0.15, 0.2) is 53.9 Å². The lowest BCUT2D eigenvalue weighted by Crippen LogP contribution is -2.10. The average Bonchev–Trinajstić information content (AvgIpc) is 3.05. The first-order valence-corrected chi connectivity index (χ1v) is 9.11. The van der Waals surface area contributed by atoms with Crippen LogP contribution in [0.3, 0.4) is 0 Å². The number of aryl methyl sites for hydroxylation is 2. The van der Waals surface area contributed by atoms with Crippen LogP contribution in [-0.4, -0.2) is 5.91 Å². The van der Waals surface area contributed by atoms with E-state index in [0.717, 1.165) is 11.3 Å². The third kappa shape index (κ3) is 4.62. The normalized spacial score (nSPS) is 10.5. The Labute approximate surface area is 156 Å². The zero-order chi connectivity index (χ0) is 17.8. The SMILES string of the molecule is Cc1ccc(OCc2csc(C(=O)Nc3cccc(Cl)c3)c2)cc1C. The van der Waals surface area contributed by atoms with Crippen LogP contribution in [0.1, 0.15) is 26.4 Å². The molecule has 1 heterocycles. The molecule has 0 fully saturated rings. The molecule has 128 valence electrons. The van der Waals surface area contributed by atoms with E-state index in [-0.39, 0.29) is 5.91 Å². The third-order valence-corrected chi connectivity index (χ3v) is 5.06. The summed E-state index contributed by atoms with van der Waals surface area (Å²) in [6.45, 7) is 4.57. The molecule has 3 aromatic rings. The summed E-state index contributed by atoms with van der Waals surface area (Å²) in [4.78, 5) is 12.9. The second-order valence-corrected chi connectivity index (χ2v) is 7.17. The molecule has 0 radical (unpaired) electrons. The van der Waals surface area contributed by atoms with Crippen molar-refractivity contribution in [2.24, 2.45) is 0 Å². The fraction of sp³-hybridized carbons (Fsp3) is 0.150. The molecule has 1 N–H and O–H groups in total. The Kier molecular flexibility index (Phi) is 5.41. The highest BCUT2D eigenvalue weighted by molar-refractivity contribution is 7.12. The zero-order valence-corrected chi connectivity index (χ0v) is 15.6. The lowest BCUT2D eigenvalue weighted by molar-refractivity contribution is 0.103. The number of amides is 1. The van der Waals surface area contributed by atoms with Gasteiger partial charge in [0.1, 0.15) is 12.4 Å². The van der Waals surface area contributed by atoms with Gasteiger partial charge in [0.2, 0.25) is 0 Å². The summed E-state index contributed by atoms with van der Waals surface area (Å²) in [5.74, 6) is 0.684. The molecule has 5 heteroatoms. The van der Waals surface area contributed by atoms with Crippen molar-refractivity contribution in [2.45, 2.75) is 20.5 Å². The molecule has 3 nitrogen and oxygen atoms in total. The van der Waals surface area contributed by atoms with Crippen molar-refractivity contribution in [1.82, 2.24) is 0 Å². The van der Waals surface area contributed by atoms with Gasteiger partial charge < -0.3 is 10.1 Å². The quantitative estimate of drug-likeness (QED) is 0.610. The lowest BCUT2D eigenvalue weighted by Gasteiger charge is -2.07. The van der Waals surface area contributed by atoms with Crippen molar-refractivity contribution >= 4 is 34.5 Å². The van der Waals surface area contributed by atoms with Crippen molar-refractivity contribution in [1.29, 1.82) is 0 Å². The first-order valence-electron chi connectivity index (χ1n) is 7.85. The number of ether oxygens (including phenoxy) is 1. The highest BCUT2D eigenvalue weighted by atomic mass is 35.5. The van der Waals surface area contributed by atoms with E-state index in [1.807, 2.05) is 29.6 Å². The number of carbonyl (C=O) groups is 1. The van der Waals surface area contributed by atoms with Gasteiger partial charge in [-0.05, 0) is 66.8 Å². The molecule has 0 saturated carbocycles. The van der Waals surface area contributed by atoms with Crippen LogP contribution in [0.25, 0.3) is 0 Å². The summed E-state index contributed by atoms with van der Waals surface area (Å²) in [6.07, 6.45) is 0. The minimum Gasteiger partial charge on any atom is -0.489 e. The molecule has 0 saturated heterocycles. The number of nitrogens with one attached hydrogen (secondary N) is 1. The van der Waals surface area contributed by atoms with Crippen LogP contribution in [0.5, 0.6) is 5.75 Å². The molecule has 0 bridgehead atoms. The number of rotatable bonds is 5. The van der Waals surface area contributed by atoms with Crippen molar-refractivity contribution in [3.05, 3.63) is 80.5 Å². The van der Waals surface area contributed by atoms with Gasteiger partial charge in [-0.1, -0.05) is 23.7 Å². The summed E-state index contributed by atoms with van der Waals surface area (Å²) in [5, 5.41) is 5.37. The summed E-state index contributed by atoms with van der Waals surface area (Å²) in [6, 6.07) is 15.0. The standard InChI is InChI=1S/C20H18ClNO2S/c1-13-6-7-18(8-14(13)2)24-11-15-9-19(25-12-15)20(23)22-17-5-3-4-16(21)10-17/h3-10,12H,11H2,1-2H3,(H,22,23). The van der Waals surface area contributed by atoms with E-state index >= 15 is 0 Å². The summed E-state index contributed by atoms with van der Waals surface area (Å²) >= 11 is 7.33. The maximum Gasteiger partial charge on any atom is 0.265 e. The molecule has 0 unspecified atom stereocenters. The Balaban J connectivity index is 1.61. The van der Waals surface area contributed by atoms with Crippen LogP contribution >= 0.6 is 22.9 Å². The van der Waals surface area contributed by atoms with Gasteiger partial charge in [0.05, 0.1) is 4.88 Å². The minimum atomic E-state index is -0.148. The van der Waals surface area contributed by atoms with E-state index in [9.17, 15) is 4.79 Å². The van der Waals surface area contributed by atoms with Crippen LogP contribution in [0, 0.1) is 13.8 Å². The van der Waals surface area contributed by atoms with Gasteiger partial charge in [-0.25, -0.2) is 0 Å². The number of anilines is 1. The van der Waals surface area contributed by atoms with E-state index in [0.29, 0.717) is 22.2 Å². The number of carbonyl (C=O) groups excluding carboxylic acids is 1. The number of hydrogen-bond acceptors (Lipinski definition) is 3. The first-order chi connectivity index (χ1) is 12.0. The van der Waals surface area contributed by atoms with Crippen molar-refractivity contribution in [3.63, 3.8) is 0 Å². The predicted octanol–water partition coefficient (Wildman–Crippen LogP) is 5.85. The van der Waals surface area contributed by atoms with Gasteiger partial charge in [-0.15, -0.1) is 11.3 Å². The van der Waals surface area contributed by atoms with Gasteiger partial charge in [0, 0.05) is 16.3 Å². The van der Waals surface area contributed by atoms with E-state index in [4.69, 9.17) is 16.3 Å². The second kappa shape index (κ2) is 7.72. The van der Waals surface area contributed by atoms with E-state index in [1.54, 1.807) is 24.3 Å². The number of halogens is 1. The second-order valence-electron chi connectivity index (χ2n) is 5.82. The fourth-order valence-electron chi connectivity index (χ4n) is 2.30. The number of hydrogen-bond donors (Lipinski definition) is 1. The molecule has 0 aliphatic carbocycles. The highest BCUT2D eigenvalue weighted by Gasteiger charge is 2.10. The van der Waals surface area contributed by atoms with E-state index in [1.165, 1.54) is 22.5 Å². The summed E-state index contributed by atoms with van der Waals surface area (Å²) < 4.78 is 5.81. The van der Waals surface area contributed by atoms with Crippen LogP contribution < -0.4 is 10.1 Å². The average molecular weight is 372 g/mol. The summed E-state index contributed by atoms with van der Waals surface area (Å²) in [7, 11) is 0. The Bertz CT molecular complexity index is 904. The van der Waals surface area contributed by atoms with Gasteiger partial charge in [0.25, 0.3) is 5.91 Å². The largest absolute Gasteiger partial charge is 0.489 e. The monoisotopic (exact) mass is 371 g/mol. The molecule has 1 amide bonds. The van der Waals surface area contributed by atoms with E-state index in [2.05, 4.69) is 19.2 Å². The molecule has 25 heavy (non-hydrogen) atoms. The Hall–Kier alpha value is -2.30. The summed E-state index contributed by atoms with van der Waals surface area (Å²) in [5.41, 5.74) is 4.09. The molecule has 0 aliphatic heterocycles. The van der Waals surface area contributed by atoms with Crippen molar-refractivity contribution < 1.29 is 9.53 Å². The highest BCUT2D eigenvalue weighted by Crippen LogP contribution is 2.22. The van der Waals surface area contributed by atoms with Crippen molar-refractivity contribution in [2.75, 3.05) is 5.32 Å². The van der Waals surface area contributed by atoms with Gasteiger partial charge in [0.15, 0.2) is 0 Å². The van der Waals surface area contributed by atoms with Crippen LogP contribution in [0.4, 0.5) is 5.69 Å². The fourth-order valence-corrected chi connectivity index (χ4v) is 3.28. The Morgan fingerprint density at radius 3 is 2.72 bits per heavy atom. The molecular weight excluding hydrogens is 354 g/mol. The maximum absolute atomic E-state index is 12.3. The molecule has 2 aromatic carbocycles. The van der Waals surface area contributed by atoms with Gasteiger partial charge in [-0.2, -0.15) is 0 Å². The van der Waals surface area contributed by atoms with E-state index < -0.39 is 0 Å². The topological polar surface area (TPSA) is 38.3 Å². The third-order valence-electron chi connectivity index (χ3n) is 3.84. The molecule has 0 spiro atoms. The van der Waals surface area contributed by atoms with Gasteiger partial charge >= 0.3 is 0 Å². The Morgan fingerprint density at radius 1 is 1.12 bits per heavy atom. The maximum atomic E-state index is 12.3. The molecule has 0 atom stereocenters. The Morgan fingerprint density at radius 2 is 1.96 bits per heavy atom. The minimum absolute atomic E-state index is 0.148. The molecule has 0 aliphatic rings. The molecular formula is C20H18ClNO2S. The first kappa shape index (κ1) is 17.5. The number of thiophene rings is 1. The molecule has 3 rings (SSSR count). The van der Waals surface area contributed by atoms with Gasteiger partial charge in [-0.3, -0.25) is 4.79 Å². The molecule has 1 aromatic heterocycles. The lowest BCUT2D eigenvalue weighted by atomic mass is 10.1. The van der Waals surface area contributed by atoms with Crippen LogP contribution in [-0.2, 0) is 6.61 Å². The number of benzene rings is 2. The smallest absolute Gasteiger partial charge is 0.265 e.